The van der Waals surface area contributed by atoms with Gasteiger partial charge in [-0.1, -0.05) is 28.7 Å². The van der Waals surface area contributed by atoms with Crippen LogP contribution in [-0.4, -0.2) is 6.21 Å². The largest absolute Gasteiger partial charge is 0.309 e. The summed E-state index contributed by atoms with van der Waals surface area (Å²) in [7, 11) is 0. The molecule has 0 unspecified atom stereocenters. The Morgan fingerprint density at radius 2 is 2.25 bits per heavy atom. The summed E-state index contributed by atoms with van der Waals surface area (Å²) in [4.78, 5) is 0. The van der Waals surface area contributed by atoms with Crippen LogP contribution in [0.5, 0.6) is 0 Å². The van der Waals surface area contributed by atoms with Gasteiger partial charge in [-0.3, -0.25) is 0 Å². The first-order valence-corrected chi connectivity index (χ1v) is 3.50. The summed E-state index contributed by atoms with van der Waals surface area (Å²) in [5.41, 5.74) is 1.18. The van der Waals surface area contributed by atoms with Crippen molar-refractivity contribution in [1.29, 1.82) is 5.41 Å². The van der Waals surface area contributed by atoms with Crippen molar-refractivity contribution in [2.75, 3.05) is 0 Å². The van der Waals surface area contributed by atoms with Crippen LogP contribution in [0.4, 0.5) is 0 Å². The summed E-state index contributed by atoms with van der Waals surface area (Å²) >= 11 is 2.16. The Morgan fingerprint density at radius 3 is 2.62 bits per heavy atom. The zero-order valence-corrected chi connectivity index (χ0v) is 6.84. The highest BCUT2D eigenvalue weighted by atomic mass is 127. The minimum atomic E-state index is 1.18. The van der Waals surface area contributed by atoms with Crippen molar-refractivity contribution in [3.8, 4) is 0 Å². The Morgan fingerprint density at radius 1 is 1.62 bits per heavy atom. The molecule has 0 spiro atoms. The van der Waals surface area contributed by atoms with Crippen LogP contribution in [0.3, 0.4) is 0 Å². The van der Waals surface area contributed by atoms with Crippen LogP contribution in [-0.2, 0) is 0 Å². The van der Waals surface area contributed by atoms with Crippen LogP contribution < -0.4 is 0 Å². The maximum atomic E-state index is 6.63. The molecule has 8 heavy (non-hydrogen) atoms. The van der Waals surface area contributed by atoms with Gasteiger partial charge in [-0.15, -0.1) is 0 Å². The normalized spacial score (nSPS) is 12.5. The summed E-state index contributed by atoms with van der Waals surface area (Å²) in [6.07, 6.45) is 4.85. The van der Waals surface area contributed by atoms with E-state index in [9.17, 15) is 0 Å². The number of halogens is 1. The average Bonchev–Trinajstić information content (AvgIpc) is 1.83. The third kappa shape index (κ3) is 4.05. The van der Waals surface area contributed by atoms with Gasteiger partial charge < -0.3 is 5.41 Å². The summed E-state index contributed by atoms with van der Waals surface area (Å²) in [6.45, 7) is 1.99. The number of hydrogen-bond donors (Lipinski definition) is 1. The Bertz CT molecular complexity index is 124. The molecule has 0 radical (unpaired) electrons. The van der Waals surface area contributed by atoms with Crippen molar-refractivity contribution in [2.24, 2.45) is 0 Å². The Kier molecular flexibility index (Phi) is 4.95. The first-order chi connectivity index (χ1) is 3.81. The van der Waals surface area contributed by atoms with Crippen LogP contribution in [0.2, 0.25) is 0 Å². The van der Waals surface area contributed by atoms with Crippen molar-refractivity contribution >= 4 is 28.8 Å². The van der Waals surface area contributed by atoms with E-state index < -0.39 is 0 Å². The van der Waals surface area contributed by atoms with Gasteiger partial charge in [0.15, 0.2) is 0 Å². The molecule has 44 valence electrons. The molecule has 0 amide bonds. The van der Waals surface area contributed by atoms with Crippen LogP contribution in [0, 0.1) is 5.41 Å². The van der Waals surface area contributed by atoms with Crippen molar-refractivity contribution in [3.05, 3.63) is 21.8 Å². The SMILES string of the molecule is CC(/C=C\C=N)=C/I. The van der Waals surface area contributed by atoms with Gasteiger partial charge in [0.1, 0.15) is 0 Å². The number of hydrogen-bond acceptors (Lipinski definition) is 1. The quantitative estimate of drug-likeness (QED) is 0.421. The van der Waals surface area contributed by atoms with Gasteiger partial charge in [0.05, 0.1) is 0 Å². The van der Waals surface area contributed by atoms with Gasteiger partial charge in [-0.05, 0) is 22.7 Å². The Balaban J connectivity index is 3.69. The highest BCUT2D eigenvalue weighted by Crippen LogP contribution is 1.97. The van der Waals surface area contributed by atoms with E-state index in [0.29, 0.717) is 0 Å². The molecule has 0 aliphatic carbocycles. The molecule has 0 aromatic carbocycles. The minimum absolute atomic E-state index is 1.18. The van der Waals surface area contributed by atoms with Gasteiger partial charge >= 0.3 is 0 Å². The molecule has 0 saturated carbocycles. The molecule has 0 atom stereocenters. The lowest BCUT2D eigenvalue weighted by molar-refractivity contribution is 1.54. The molecule has 2 heteroatoms. The van der Waals surface area contributed by atoms with Crippen molar-refractivity contribution in [3.63, 3.8) is 0 Å². The second kappa shape index (κ2) is 5.03. The summed E-state index contributed by atoms with van der Waals surface area (Å²) < 4.78 is 1.97. The molecule has 0 aliphatic heterocycles. The fraction of sp³-hybridized carbons (Fsp3) is 0.167. The van der Waals surface area contributed by atoms with E-state index in [4.69, 9.17) is 5.41 Å². The molecule has 0 aromatic rings. The Hall–Kier alpha value is -0.120. The van der Waals surface area contributed by atoms with E-state index >= 15 is 0 Å². The third-order valence-corrected chi connectivity index (χ3v) is 1.61. The molecule has 1 nitrogen and oxygen atoms in total. The first-order valence-electron chi connectivity index (χ1n) is 2.25. The zero-order chi connectivity index (χ0) is 6.41. The van der Waals surface area contributed by atoms with E-state index in [2.05, 4.69) is 22.6 Å². The second-order valence-corrected chi connectivity index (χ2v) is 2.00. The average molecular weight is 221 g/mol. The van der Waals surface area contributed by atoms with E-state index in [1.54, 1.807) is 6.08 Å². The van der Waals surface area contributed by atoms with Crippen molar-refractivity contribution in [2.45, 2.75) is 6.92 Å². The minimum Gasteiger partial charge on any atom is -0.309 e. The lowest BCUT2D eigenvalue weighted by Crippen LogP contribution is -1.62. The highest BCUT2D eigenvalue weighted by Gasteiger charge is 1.72. The van der Waals surface area contributed by atoms with Crippen LogP contribution in [0.25, 0.3) is 0 Å². The Labute approximate surface area is 63.1 Å². The molecular weight excluding hydrogens is 213 g/mol. The van der Waals surface area contributed by atoms with E-state index in [1.807, 2.05) is 17.1 Å². The molecule has 0 fully saturated rings. The molecule has 0 bridgehead atoms. The smallest absolute Gasteiger partial charge is 0.0177 e. The maximum Gasteiger partial charge on any atom is 0.0177 e. The topological polar surface area (TPSA) is 23.9 Å². The fourth-order valence-electron chi connectivity index (χ4n) is 0.236. The van der Waals surface area contributed by atoms with Crippen molar-refractivity contribution in [1.82, 2.24) is 0 Å². The number of rotatable bonds is 2. The first kappa shape index (κ1) is 7.88. The van der Waals surface area contributed by atoms with Crippen LogP contribution in [0.1, 0.15) is 6.92 Å². The van der Waals surface area contributed by atoms with Gasteiger partial charge in [0.2, 0.25) is 0 Å². The molecule has 0 saturated heterocycles. The van der Waals surface area contributed by atoms with Crippen LogP contribution in [0.15, 0.2) is 21.8 Å². The number of allylic oxidation sites excluding steroid dienone is 3. The monoisotopic (exact) mass is 221 g/mol. The van der Waals surface area contributed by atoms with Gasteiger partial charge in [-0.2, -0.15) is 0 Å². The lowest BCUT2D eigenvalue weighted by atomic mass is 10.3. The molecule has 0 rings (SSSR count). The molecule has 1 N–H and O–H groups in total. The summed E-state index contributed by atoms with van der Waals surface area (Å²) in [5.74, 6) is 0. The van der Waals surface area contributed by atoms with Gasteiger partial charge in [0, 0.05) is 6.21 Å². The third-order valence-electron chi connectivity index (χ3n) is 0.627. The predicted molar refractivity (Wildman–Crippen MR) is 45.7 cm³/mol. The molecule has 0 aromatic heterocycles. The van der Waals surface area contributed by atoms with E-state index in [-0.39, 0.29) is 0 Å². The van der Waals surface area contributed by atoms with Crippen molar-refractivity contribution < 1.29 is 0 Å². The molecule has 0 aliphatic rings. The van der Waals surface area contributed by atoms with E-state index in [0.717, 1.165) is 0 Å². The van der Waals surface area contributed by atoms with Gasteiger partial charge in [0.25, 0.3) is 0 Å². The lowest BCUT2D eigenvalue weighted by Gasteiger charge is -1.80. The summed E-state index contributed by atoms with van der Waals surface area (Å²) in [6, 6.07) is 0. The standard InChI is InChI=1S/C6H8IN/c1-6(5-7)3-2-4-8/h2-5,8H,1H3/b3-2-,6-5-,8-4?. The number of nitrogens with one attached hydrogen (secondary N) is 1. The molecule has 0 heterocycles. The second-order valence-electron chi connectivity index (χ2n) is 1.38. The summed E-state index contributed by atoms with van der Waals surface area (Å²) in [5, 5.41) is 6.63. The van der Waals surface area contributed by atoms with E-state index in [1.165, 1.54) is 11.8 Å². The fourth-order valence-corrected chi connectivity index (χ4v) is 0.444. The maximum absolute atomic E-state index is 6.63. The van der Waals surface area contributed by atoms with Gasteiger partial charge in [-0.25, -0.2) is 0 Å². The predicted octanol–water partition coefficient (Wildman–Crippen LogP) is 2.53. The highest BCUT2D eigenvalue weighted by molar-refractivity contribution is 14.1. The molecular formula is C6H8IN. The van der Waals surface area contributed by atoms with Crippen LogP contribution >= 0.6 is 22.6 Å². The zero-order valence-electron chi connectivity index (χ0n) is 4.69.